The first-order valence-corrected chi connectivity index (χ1v) is 8.40. The van der Waals surface area contributed by atoms with Crippen molar-refractivity contribution in [2.75, 3.05) is 6.54 Å². The molecule has 2 amide bonds. The van der Waals surface area contributed by atoms with E-state index in [0.29, 0.717) is 12.2 Å². The number of amides is 2. The summed E-state index contributed by atoms with van der Waals surface area (Å²) in [7, 11) is 0. The number of nitrogens with zero attached hydrogens (tertiary/aromatic N) is 3. The van der Waals surface area contributed by atoms with Crippen LogP contribution in [0, 0.1) is 0 Å². The SMILES string of the molecule is NC(=O)c1cc(C2CCCCN2C(=O)CCn2ccc(=O)[nH]c2=O)[nH]n1. The maximum atomic E-state index is 12.7. The van der Waals surface area contributed by atoms with Crippen LogP contribution in [0.15, 0.2) is 27.9 Å². The molecule has 1 aliphatic heterocycles. The molecule has 3 heterocycles. The molecule has 1 atom stereocenters. The van der Waals surface area contributed by atoms with Crippen LogP contribution in [0.5, 0.6) is 0 Å². The van der Waals surface area contributed by atoms with Gasteiger partial charge < -0.3 is 15.2 Å². The number of nitrogens with two attached hydrogens (primary N) is 1. The van der Waals surface area contributed by atoms with Crippen LogP contribution >= 0.6 is 0 Å². The summed E-state index contributed by atoms with van der Waals surface area (Å²) in [5.74, 6) is -0.735. The number of aromatic amines is 2. The highest BCUT2D eigenvalue weighted by atomic mass is 16.2. The Morgan fingerprint density at radius 1 is 1.31 bits per heavy atom. The van der Waals surface area contributed by atoms with Crippen molar-refractivity contribution in [1.29, 1.82) is 0 Å². The normalized spacial score (nSPS) is 17.2. The van der Waals surface area contributed by atoms with Crippen molar-refractivity contribution < 1.29 is 9.59 Å². The summed E-state index contributed by atoms with van der Waals surface area (Å²) in [4.78, 5) is 50.6. The lowest BCUT2D eigenvalue weighted by Gasteiger charge is -2.35. The van der Waals surface area contributed by atoms with Crippen LogP contribution in [-0.2, 0) is 11.3 Å². The third kappa shape index (κ3) is 3.73. The van der Waals surface area contributed by atoms with Crippen molar-refractivity contribution in [3.05, 3.63) is 50.6 Å². The van der Waals surface area contributed by atoms with Crippen molar-refractivity contribution in [3.63, 3.8) is 0 Å². The molecule has 4 N–H and O–H groups in total. The van der Waals surface area contributed by atoms with Gasteiger partial charge in [0.2, 0.25) is 5.91 Å². The minimum atomic E-state index is -0.626. The summed E-state index contributed by atoms with van der Waals surface area (Å²) in [5.41, 5.74) is 5.02. The molecule has 0 saturated carbocycles. The Kier molecular flexibility index (Phi) is 5.01. The maximum Gasteiger partial charge on any atom is 0.328 e. The molecule has 10 nitrogen and oxygen atoms in total. The van der Waals surface area contributed by atoms with Crippen molar-refractivity contribution in [2.24, 2.45) is 5.73 Å². The van der Waals surface area contributed by atoms with Crippen LogP contribution in [0.2, 0.25) is 0 Å². The first-order chi connectivity index (χ1) is 12.5. The molecule has 2 aromatic heterocycles. The monoisotopic (exact) mass is 360 g/mol. The van der Waals surface area contributed by atoms with Gasteiger partial charge in [-0.2, -0.15) is 5.10 Å². The number of likely N-dealkylation sites (tertiary alicyclic amines) is 1. The number of piperidine rings is 1. The largest absolute Gasteiger partial charge is 0.364 e. The second-order valence-electron chi connectivity index (χ2n) is 6.23. The lowest BCUT2D eigenvalue weighted by Crippen LogP contribution is -2.39. The van der Waals surface area contributed by atoms with Gasteiger partial charge in [-0.25, -0.2) is 4.79 Å². The topological polar surface area (TPSA) is 147 Å². The Morgan fingerprint density at radius 3 is 2.81 bits per heavy atom. The second-order valence-corrected chi connectivity index (χ2v) is 6.23. The Morgan fingerprint density at radius 2 is 2.12 bits per heavy atom. The van der Waals surface area contributed by atoms with E-state index in [-0.39, 0.29) is 30.6 Å². The molecule has 3 rings (SSSR count). The van der Waals surface area contributed by atoms with E-state index in [9.17, 15) is 19.2 Å². The zero-order chi connectivity index (χ0) is 18.7. The fourth-order valence-electron chi connectivity index (χ4n) is 3.17. The van der Waals surface area contributed by atoms with Crippen LogP contribution in [-0.4, -0.2) is 43.0 Å². The van der Waals surface area contributed by atoms with Gasteiger partial charge >= 0.3 is 5.69 Å². The number of aromatic nitrogens is 4. The number of carbonyl (C=O) groups is 2. The molecular formula is C16H20N6O4. The summed E-state index contributed by atoms with van der Waals surface area (Å²) in [6, 6.07) is 2.61. The van der Waals surface area contributed by atoms with Crippen LogP contribution in [0.25, 0.3) is 0 Å². The van der Waals surface area contributed by atoms with E-state index in [1.165, 1.54) is 16.8 Å². The van der Waals surface area contributed by atoms with Gasteiger partial charge in [-0.05, 0) is 25.3 Å². The third-order valence-electron chi connectivity index (χ3n) is 4.50. The van der Waals surface area contributed by atoms with Gasteiger partial charge in [0, 0.05) is 31.8 Å². The highest BCUT2D eigenvalue weighted by Crippen LogP contribution is 2.30. The van der Waals surface area contributed by atoms with Crippen molar-refractivity contribution in [2.45, 2.75) is 38.3 Å². The lowest BCUT2D eigenvalue weighted by molar-refractivity contribution is -0.135. The minimum Gasteiger partial charge on any atom is -0.364 e. The molecule has 0 aliphatic carbocycles. The van der Waals surface area contributed by atoms with Crippen LogP contribution < -0.4 is 17.0 Å². The Bertz CT molecular complexity index is 927. The lowest BCUT2D eigenvalue weighted by atomic mass is 9.98. The molecule has 26 heavy (non-hydrogen) atoms. The zero-order valence-electron chi connectivity index (χ0n) is 14.1. The Labute approximate surface area is 148 Å². The fourth-order valence-corrected chi connectivity index (χ4v) is 3.17. The smallest absolute Gasteiger partial charge is 0.328 e. The summed E-state index contributed by atoms with van der Waals surface area (Å²) in [5, 5.41) is 6.67. The molecule has 0 radical (unpaired) electrons. The van der Waals surface area contributed by atoms with E-state index in [1.54, 1.807) is 11.0 Å². The Balaban J connectivity index is 1.72. The number of primary amides is 1. The minimum absolute atomic E-state index is 0.108. The van der Waals surface area contributed by atoms with E-state index in [4.69, 9.17) is 5.73 Å². The number of carbonyl (C=O) groups excluding carboxylic acids is 2. The van der Waals surface area contributed by atoms with Crippen LogP contribution in [0.3, 0.4) is 0 Å². The molecule has 138 valence electrons. The van der Waals surface area contributed by atoms with Gasteiger partial charge in [-0.1, -0.05) is 0 Å². The maximum absolute atomic E-state index is 12.7. The second kappa shape index (κ2) is 7.38. The van der Waals surface area contributed by atoms with Gasteiger partial charge in [0.15, 0.2) is 0 Å². The summed E-state index contributed by atoms with van der Waals surface area (Å²) < 4.78 is 1.29. The third-order valence-corrected chi connectivity index (χ3v) is 4.50. The van der Waals surface area contributed by atoms with Gasteiger partial charge in [-0.15, -0.1) is 0 Å². The molecule has 1 unspecified atom stereocenters. The standard InChI is InChI=1S/C16H20N6O4/c17-15(25)11-9-10(19-20-11)12-3-1-2-6-22(12)14(24)5-8-21-7-4-13(23)18-16(21)26/h4,7,9,12H,1-3,5-6,8H2,(H2,17,25)(H,19,20)(H,18,23,26). The van der Waals surface area contributed by atoms with Crippen molar-refractivity contribution in [1.82, 2.24) is 24.6 Å². The average molecular weight is 360 g/mol. The molecule has 1 aliphatic rings. The van der Waals surface area contributed by atoms with Crippen LogP contribution in [0.1, 0.15) is 47.9 Å². The number of hydrogen-bond acceptors (Lipinski definition) is 5. The summed E-state index contributed by atoms with van der Waals surface area (Å²) >= 11 is 0. The molecule has 0 bridgehead atoms. The summed E-state index contributed by atoms with van der Waals surface area (Å²) in [6.45, 7) is 0.766. The molecular weight excluding hydrogens is 340 g/mol. The van der Waals surface area contributed by atoms with E-state index >= 15 is 0 Å². The van der Waals surface area contributed by atoms with E-state index in [1.807, 2.05) is 0 Å². The first kappa shape index (κ1) is 17.6. The average Bonchev–Trinajstić information content (AvgIpc) is 3.11. The number of nitrogens with one attached hydrogen (secondary N) is 2. The van der Waals surface area contributed by atoms with Gasteiger partial charge in [-0.3, -0.25) is 24.5 Å². The predicted octanol–water partition coefficient (Wildman–Crippen LogP) is -0.497. The number of aryl methyl sites for hydroxylation is 1. The molecule has 0 aromatic carbocycles. The first-order valence-electron chi connectivity index (χ1n) is 8.40. The summed E-state index contributed by atoms with van der Waals surface area (Å²) in [6.07, 6.45) is 4.09. The molecule has 10 heteroatoms. The van der Waals surface area contributed by atoms with Gasteiger partial charge in [0.05, 0.1) is 11.7 Å². The quantitative estimate of drug-likeness (QED) is 0.658. The fraction of sp³-hybridized carbons (Fsp3) is 0.438. The number of H-pyrrole nitrogens is 2. The highest BCUT2D eigenvalue weighted by molar-refractivity contribution is 5.90. The van der Waals surface area contributed by atoms with E-state index in [0.717, 1.165) is 19.3 Å². The predicted molar refractivity (Wildman–Crippen MR) is 91.4 cm³/mol. The zero-order valence-corrected chi connectivity index (χ0v) is 14.1. The molecule has 2 aromatic rings. The number of rotatable bonds is 5. The highest BCUT2D eigenvalue weighted by Gasteiger charge is 2.29. The Hall–Kier alpha value is -3.17. The molecule has 1 fully saturated rings. The van der Waals surface area contributed by atoms with Crippen LogP contribution in [0.4, 0.5) is 0 Å². The van der Waals surface area contributed by atoms with Gasteiger partial charge in [0.1, 0.15) is 5.69 Å². The van der Waals surface area contributed by atoms with E-state index < -0.39 is 17.2 Å². The van der Waals surface area contributed by atoms with Crippen molar-refractivity contribution >= 4 is 11.8 Å². The number of hydrogen-bond donors (Lipinski definition) is 3. The van der Waals surface area contributed by atoms with Crippen molar-refractivity contribution in [3.8, 4) is 0 Å². The van der Waals surface area contributed by atoms with Gasteiger partial charge in [0.25, 0.3) is 11.5 Å². The van der Waals surface area contributed by atoms with E-state index in [2.05, 4.69) is 15.2 Å². The molecule has 0 spiro atoms. The molecule has 1 saturated heterocycles.